The number of nitrogens with zero attached hydrogens (tertiary/aromatic N) is 1. The highest BCUT2D eigenvalue weighted by Gasteiger charge is 1.96. The average Bonchev–Trinajstić information content (AvgIpc) is 1.88. The summed E-state index contributed by atoms with van der Waals surface area (Å²) < 4.78 is 4.97. The van der Waals surface area contributed by atoms with Gasteiger partial charge in [0, 0.05) is 5.69 Å². The molecule has 1 aromatic heterocycles. The number of hydrogen-bond acceptors (Lipinski definition) is 2. The van der Waals surface area contributed by atoms with Crippen molar-refractivity contribution >= 4 is 0 Å². The molecule has 0 amide bonds. The molecule has 1 radical (unpaired) electrons. The molecule has 0 N–H and O–H groups in total. The third kappa shape index (κ3) is 1.26. The largest absolute Gasteiger partial charge is 0.495 e. The second-order valence-electron chi connectivity index (χ2n) is 2.10. The van der Waals surface area contributed by atoms with Crippen LogP contribution in [0.4, 0.5) is 0 Å². The number of rotatable bonds is 1. The molecule has 10 heavy (non-hydrogen) atoms. The van der Waals surface area contributed by atoms with Crippen molar-refractivity contribution in [2.24, 2.45) is 0 Å². The second-order valence-corrected chi connectivity index (χ2v) is 2.10. The summed E-state index contributed by atoms with van der Waals surface area (Å²) in [7, 11) is 1.61. The molecule has 2 heteroatoms. The molecule has 0 atom stereocenters. The van der Waals surface area contributed by atoms with Crippen LogP contribution in [-0.4, -0.2) is 12.1 Å². The summed E-state index contributed by atoms with van der Waals surface area (Å²) in [6, 6.07) is 3.76. The molecule has 2 nitrogen and oxygen atoms in total. The zero-order chi connectivity index (χ0) is 7.56. The summed E-state index contributed by atoms with van der Waals surface area (Å²) in [6.45, 7) is 5.64. The van der Waals surface area contributed by atoms with Crippen LogP contribution in [-0.2, 0) is 0 Å². The lowest BCUT2D eigenvalue weighted by molar-refractivity contribution is 0.410. The number of ether oxygens (including phenoxy) is 1. The first-order valence-corrected chi connectivity index (χ1v) is 3.07. The van der Waals surface area contributed by atoms with Crippen molar-refractivity contribution in [3.05, 3.63) is 30.4 Å². The van der Waals surface area contributed by atoms with E-state index in [4.69, 9.17) is 4.74 Å². The minimum atomic E-state index is 0.697. The highest BCUT2D eigenvalue weighted by atomic mass is 16.5. The first-order chi connectivity index (χ1) is 4.74. The van der Waals surface area contributed by atoms with Crippen LogP contribution in [0.1, 0.15) is 11.4 Å². The summed E-state index contributed by atoms with van der Waals surface area (Å²) in [5, 5.41) is 0. The van der Waals surface area contributed by atoms with E-state index >= 15 is 0 Å². The number of methoxy groups -OCH3 is 1. The predicted octanol–water partition coefficient (Wildman–Crippen LogP) is 1.58. The Hall–Kier alpha value is -1.05. The van der Waals surface area contributed by atoms with Gasteiger partial charge in [0.2, 0.25) is 0 Å². The Morgan fingerprint density at radius 1 is 1.50 bits per heavy atom. The van der Waals surface area contributed by atoms with Gasteiger partial charge >= 0.3 is 0 Å². The number of aromatic nitrogens is 1. The molecule has 53 valence electrons. The van der Waals surface area contributed by atoms with Gasteiger partial charge in [0.1, 0.15) is 5.75 Å². The third-order valence-electron chi connectivity index (χ3n) is 1.29. The van der Waals surface area contributed by atoms with E-state index in [9.17, 15) is 0 Å². The lowest BCUT2D eigenvalue weighted by Crippen LogP contribution is -1.91. The molecule has 1 aromatic rings. The third-order valence-corrected chi connectivity index (χ3v) is 1.29. The van der Waals surface area contributed by atoms with E-state index in [2.05, 4.69) is 11.9 Å². The van der Waals surface area contributed by atoms with Crippen LogP contribution in [0.5, 0.6) is 5.75 Å². The van der Waals surface area contributed by atoms with Crippen molar-refractivity contribution < 1.29 is 4.74 Å². The molecule has 0 fully saturated rings. The van der Waals surface area contributed by atoms with E-state index in [1.165, 1.54) is 0 Å². The molecule has 0 saturated heterocycles. The molecule has 0 aliphatic rings. The van der Waals surface area contributed by atoms with Crippen molar-refractivity contribution in [2.45, 2.75) is 6.92 Å². The van der Waals surface area contributed by atoms with Crippen molar-refractivity contribution in [1.29, 1.82) is 0 Å². The van der Waals surface area contributed by atoms with Crippen LogP contribution in [0.15, 0.2) is 12.1 Å². The molecule has 0 aromatic carbocycles. The fraction of sp³-hybridized carbons (Fsp3) is 0.250. The van der Waals surface area contributed by atoms with Gasteiger partial charge in [0.25, 0.3) is 0 Å². The predicted molar refractivity (Wildman–Crippen MR) is 40.0 cm³/mol. The van der Waals surface area contributed by atoms with E-state index in [1.807, 2.05) is 19.1 Å². The molecule has 0 saturated carbocycles. The molecule has 1 rings (SSSR count). The summed E-state index contributed by atoms with van der Waals surface area (Å²) in [6.07, 6.45) is 0. The van der Waals surface area contributed by atoms with Crippen molar-refractivity contribution in [2.75, 3.05) is 7.11 Å². The van der Waals surface area contributed by atoms with Crippen molar-refractivity contribution in [1.82, 2.24) is 4.98 Å². The highest BCUT2D eigenvalue weighted by molar-refractivity contribution is 5.30. The van der Waals surface area contributed by atoms with Crippen LogP contribution < -0.4 is 4.74 Å². The molecule has 0 unspecified atom stereocenters. The van der Waals surface area contributed by atoms with Gasteiger partial charge in [0.15, 0.2) is 0 Å². The highest BCUT2D eigenvalue weighted by Crippen LogP contribution is 2.13. The summed E-state index contributed by atoms with van der Waals surface area (Å²) in [5.74, 6) is 0.741. The van der Waals surface area contributed by atoms with Gasteiger partial charge in [-0.25, -0.2) is 0 Å². The minimum absolute atomic E-state index is 0.697. The Kier molecular flexibility index (Phi) is 1.90. The fourth-order valence-electron chi connectivity index (χ4n) is 0.784. The van der Waals surface area contributed by atoms with E-state index in [0.29, 0.717) is 5.69 Å². The zero-order valence-corrected chi connectivity index (χ0v) is 6.22. The van der Waals surface area contributed by atoms with Crippen LogP contribution in [0.3, 0.4) is 0 Å². The van der Waals surface area contributed by atoms with Crippen LogP contribution >= 0.6 is 0 Å². The minimum Gasteiger partial charge on any atom is -0.495 e. The smallest absolute Gasteiger partial charge is 0.140 e. The van der Waals surface area contributed by atoms with E-state index in [0.717, 1.165) is 11.4 Å². The molecule has 0 bridgehead atoms. The lowest BCUT2D eigenvalue weighted by atomic mass is 10.3. The summed E-state index contributed by atoms with van der Waals surface area (Å²) >= 11 is 0. The van der Waals surface area contributed by atoms with Gasteiger partial charge in [-0.2, -0.15) is 0 Å². The lowest BCUT2D eigenvalue weighted by Gasteiger charge is -2.02. The Balaban J connectivity index is 3.07. The second kappa shape index (κ2) is 2.69. The zero-order valence-electron chi connectivity index (χ0n) is 6.22. The number of pyridine rings is 1. The topological polar surface area (TPSA) is 22.1 Å². The quantitative estimate of drug-likeness (QED) is 0.584. The van der Waals surface area contributed by atoms with Crippen molar-refractivity contribution in [3.63, 3.8) is 0 Å². The summed E-state index contributed by atoms with van der Waals surface area (Å²) in [5.41, 5.74) is 1.66. The molecule has 0 aliphatic carbocycles. The molecular weight excluding hydrogens is 126 g/mol. The van der Waals surface area contributed by atoms with E-state index in [1.54, 1.807) is 7.11 Å². The van der Waals surface area contributed by atoms with E-state index in [-0.39, 0.29) is 0 Å². The molecule has 0 aliphatic heterocycles. The maximum absolute atomic E-state index is 4.97. The maximum Gasteiger partial charge on any atom is 0.140 e. The van der Waals surface area contributed by atoms with Gasteiger partial charge in [-0.15, -0.1) is 0 Å². The van der Waals surface area contributed by atoms with Crippen LogP contribution in [0, 0.1) is 13.8 Å². The molecular formula is C8H10NO. The summed E-state index contributed by atoms with van der Waals surface area (Å²) in [4.78, 5) is 4.11. The number of aryl methyl sites for hydroxylation is 1. The first kappa shape index (κ1) is 7.06. The van der Waals surface area contributed by atoms with E-state index < -0.39 is 0 Å². The molecule has 0 spiro atoms. The van der Waals surface area contributed by atoms with Gasteiger partial charge in [-0.3, -0.25) is 4.98 Å². The first-order valence-electron chi connectivity index (χ1n) is 3.07. The van der Waals surface area contributed by atoms with Crippen LogP contribution in [0.2, 0.25) is 0 Å². The average molecular weight is 136 g/mol. The van der Waals surface area contributed by atoms with Gasteiger partial charge in [-0.05, 0) is 26.0 Å². The van der Waals surface area contributed by atoms with Crippen LogP contribution in [0.25, 0.3) is 0 Å². The number of hydrogen-bond donors (Lipinski definition) is 0. The Labute approximate surface area is 60.9 Å². The maximum atomic E-state index is 4.97. The fourth-order valence-corrected chi connectivity index (χ4v) is 0.784. The van der Waals surface area contributed by atoms with Gasteiger partial charge in [-0.1, -0.05) is 0 Å². The van der Waals surface area contributed by atoms with Gasteiger partial charge < -0.3 is 4.74 Å². The normalized spacial score (nSPS) is 9.50. The molecule has 1 heterocycles. The Morgan fingerprint density at radius 2 is 2.20 bits per heavy atom. The Bertz CT molecular complexity index is 233. The van der Waals surface area contributed by atoms with Crippen molar-refractivity contribution in [3.8, 4) is 5.75 Å². The Morgan fingerprint density at radius 3 is 2.70 bits per heavy atom. The van der Waals surface area contributed by atoms with Gasteiger partial charge in [0.05, 0.1) is 12.8 Å². The standard InChI is InChI=1S/C8H10NO/c1-6-4-5-8(10-3)7(2)9-6/h4-5H,2H2,1,3H3. The monoisotopic (exact) mass is 136 g/mol. The SMILES string of the molecule is [CH2]c1nc(C)ccc1OC.